The van der Waals surface area contributed by atoms with Gasteiger partial charge in [0.1, 0.15) is 11.3 Å². The van der Waals surface area contributed by atoms with Crippen LogP contribution in [0.1, 0.15) is 18.4 Å². The number of amides is 1. The van der Waals surface area contributed by atoms with E-state index in [1.54, 1.807) is 24.5 Å². The highest BCUT2D eigenvalue weighted by Gasteiger charge is 2.35. The number of fused-ring (bicyclic) bond motifs is 1. The van der Waals surface area contributed by atoms with Gasteiger partial charge in [-0.1, -0.05) is 17.4 Å². The number of halogens is 4. The minimum atomic E-state index is -4.09. The summed E-state index contributed by atoms with van der Waals surface area (Å²) in [5.74, 6) is -4.96. The molecule has 0 N–H and O–H groups in total. The van der Waals surface area contributed by atoms with E-state index in [0.717, 1.165) is 39.9 Å². The number of piperidine rings is 1. The molecule has 38 heavy (non-hydrogen) atoms. The lowest BCUT2D eigenvalue weighted by atomic mass is 9.96. The molecule has 2 aromatic heterocycles. The van der Waals surface area contributed by atoms with E-state index in [0.29, 0.717) is 11.6 Å². The highest BCUT2D eigenvalue weighted by atomic mass is 32.2. The summed E-state index contributed by atoms with van der Waals surface area (Å²) in [6, 6.07) is 7.71. The summed E-state index contributed by atoms with van der Waals surface area (Å²) in [6.45, 7) is 0.0419. The number of nitrogens with zero attached hydrogens (tertiary/aromatic N) is 4. The third-order valence-corrected chi connectivity index (χ3v) is 9.21. The lowest BCUT2D eigenvalue weighted by molar-refractivity contribution is -0.123. The quantitative estimate of drug-likeness (QED) is 0.312. The number of benzene rings is 2. The molecule has 1 amide bonds. The Kier molecular flexibility index (Phi) is 7.16. The van der Waals surface area contributed by atoms with Crippen molar-refractivity contribution in [3.63, 3.8) is 0 Å². The van der Waals surface area contributed by atoms with Crippen LogP contribution < -0.4 is 4.90 Å². The van der Waals surface area contributed by atoms with Crippen molar-refractivity contribution in [2.75, 3.05) is 18.0 Å². The summed E-state index contributed by atoms with van der Waals surface area (Å²) >= 11 is 0.971. The molecular weight excluding hydrogens is 544 g/mol. The number of thiazole rings is 1. The zero-order valence-corrected chi connectivity index (χ0v) is 21.3. The molecule has 1 aliphatic rings. The van der Waals surface area contributed by atoms with Gasteiger partial charge in [0, 0.05) is 37.5 Å². The zero-order chi connectivity index (χ0) is 27.0. The molecule has 2 aromatic carbocycles. The molecule has 0 unspecified atom stereocenters. The second kappa shape index (κ2) is 10.4. The molecule has 0 aliphatic carbocycles. The highest BCUT2D eigenvalue weighted by Crippen LogP contribution is 2.34. The van der Waals surface area contributed by atoms with E-state index in [4.69, 9.17) is 0 Å². The van der Waals surface area contributed by atoms with Gasteiger partial charge in [0.05, 0.1) is 16.1 Å². The number of pyridine rings is 1. The van der Waals surface area contributed by atoms with Crippen molar-refractivity contribution in [2.45, 2.75) is 24.3 Å². The lowest BCUT2D eigenvalue weighted by Gasteiger charge is -2.33. The standard InChI is InChI=1S/C25H20F4N4O3S2/c26-17-10-21(29)23-22(11-17)37-25(31-23)33(14-15-2-1-7-30-13-15)24(34)16-5-8-32(9-6-16)38(35,36)18-3-4-19(27)20(28)12-18/h1-4,7,10-13,16H,5-6,8-9,14H2. The number of sulfonamides is 1. The molecular formula is C25H20F4N4O3S2. The summed E-state index contributed by atoms with van der Waals surface area (Å²) in [7, 11) is -4.09. The van der Waals surface area contributed by atoms with Crippen LogP contribution in [0.2, 0.25) is 0 Å². The van der Waals surface area contributed by atoms with Crippen LogP contribution in [-0.2, 0) is 21.4 Å². The SMILES string of the molecule is O=C(C1CCN(S(=O)(=O)c2ccc(F)c(F)c2)CC1)N(Cc1cccnc1)c1nc2c(F)cc(F)cc2s1. The van der Waals surface area contributed by atoms with Crippen LogP contribution in [0, 0.1) is 29.2 Å². The Morgan fingerprint density at radius 3 is 2.47 bits per heavy atom. The lowest BCUT2D eigenvalue weighted by Crippen LogP contribution is -2.44. The van der Waals surface area contributed by atoms with Crippen molar-refractivity contribution in [1.82, 2.24) is 14.3 Å². The first kappa shape index (κ1) is 26.2. The van der Waals surface area contributed by atoms with Gasteiger partial charge in [-0.2, -0.15) is 4.31 Å². The first-order chi connectivity index (χ1) is 18.1. The molecule has 0 spiro atoms. The fourth-order valence-electron chi connectivity index (χ4n) is 4.32. The Labute approximate surface area is 219 Å². The van der Waals surface area contributed by atoms with E-state index in [-0.39, 0.29) is 58.6 Å². The van der Waals surface area contributed by atoms with Crippen LogP contribution in [0.3, 0.4) is 0 Å². The minimum Gasteiger partial charge on any atom is -0.283 e. The van der Waals surface area contributed by atoms with Gasteiger partial charge in [-0.3, -0.25) is 14.7 Å². The maximum Gasteiger partial charge on any atom is 0.243 e. The van der Waals surface area contributed by atoms with Crippen molar-refractivity contribution >= 4 is 42.6 Å². The van der Waals surface area contributed by atoms with E-state index in [1.165, 1.54) is 4.90 Å². The Bertz CT molecular complexity index is 1610. The zero-order valence-electron chi connectivity index (χ0n) is 19.7. The summed E-state index contributed by atoms with van der Waals surface area (Å²) in [4.78, 5) is 23.0. The maximum absolute atomic E-state index is 14.3. The number of anilines is 1. The Morgan fingerprint density at radius 1 is 1.03 bits per heavy atom. The van der Waals surface area contributed by atoms with Gasteiger partial charge in [0.2, 0.25) is 15.9 Å². The van der Waals surface area contributed by atoms with Gasteiger partial charge in [0.15, 0.2) is 22.6 Å². The van der Waals surface area contributed by atoms with Gasteiger partial charge in [-0.25, -0.2) is 31.0 Å². The number of hydrogen-bond acceptors (Lipinski definition) is 6. The maximum atomic E-state index is 14.3. The van der Waals surface area contributed by atoms with E-state index in [9.17, 15) is 30.8 Å². The summed E-state index contributed by atoms with van der Waals surface area (Å²) < 4.78 is 82.3. The summed E-state index contributed by atoms with van der Waals surface area (Å²) in [6.07, 6.45) is 3.48. The minimum absolute atomic E-state index is 0.0157. The molecule has 5 rings (SSSR count). The highest BCUT2D eigenvalue weighted by molar-refractivity contribution is 7.89. The molecule has 0 saturated carbocycles. The normalized spacial score (nSPS) is 15.2. The molecule has 4 aromatic rings. The number of hydrogen-bond donors (Lipinski definition) is 0. The molecule has 0 atom stereocenters. The molecule has 0 bridgehead atoms. The third-order valence-electron chi connectivity index (χ3n) is 6.29. The summed E-state index contributed by atoms with van der Waals surface area (Å²) in [5.41, 5.74) is 0.632. The molecule has 13 heteroatoms. The first-order valence-electron chi connectivity index (χ1n) is 11.5. The van der Waals surface area contributed by atoms with E-state index in [2.05, 4.69) is 9.97 Å². The number of carbonyl (C=O) groups is 1. The smallest absolute Gasteiger partial charge is 0.243 e. The predicted molar refractivity (Wildman–Crippen MR) is 133 cm³/mol. The monoisotopic (exact) mass is 564 g/mol. The fraction of sp³-hybridized carbons (Fsp3) is 0.240. The van der Waals surface area contributed by atoms with E-state index < -0.39 is 39.2 Å². The van der Waals surface area contributed by atoms with Gasteiger partial charge in [-0.15, -0.1) is 0 Å². The molecule has 1 saturated heterocycles. The molecule has 7 nitrogen and oxygen atoms in total. The topological polar surface area (TPSA) is 83.5 Å². The number of rotatable bonds is 6. The third kappa shape index (κ3) is 5.13. The molecule has 0 radical (unpaired) electrons. The van der Waals surface area contributed by atoms with Crippen LogP contribution >= 0.6 is 11.3 Å². The van der Waals surface area contributed by atoms with Gasteiger partial charge < -0.3 is 0 Å². The van der Waals surface area contributed by atoms with Gasteiger partial charge >= 0.3 is 0 Å². The Hall–Kier alpha value is -3.42. The van der Waals surface area contributed by atoms with E-state index >= 15 is 0 Å². The average Bonchev–Trinajstić information content (AvgIpc) is 3.33. The number of aromatic nitrogens is 2. The van der Waals surface area contributed by atoms with Crippen LogP contribution in [0.15, 0.2) is 59.8 Å². The summed E-state index contributed by atoms with van der Waals surface area (Å²) in [5, 5.41) is 0.176. The second-order valence-electron chi connectivity index (χ2n) is 8.77. The molecule has 1 fully saturated rings. The first-order valence-corrected chi connectivity index (χ1v) is 13.8. The fourth-order valence-corrected chi connectivity index (χ4v) is 6.82. The van der Waals surface area contributed by atoms with Crippen molar-refractivity contribution in [1.29, 1.82) is 0 Å². The Morgan fingerprint density at radius 2 is 1.79 bits per heavy atom. The van der Waals surface area contributed by atoms with Crippen molar-refractivity contribution in [3.05, 3.63) is 83.7 Å². The largest absolute Gasteiger partial charge is 0.283 e. The van der Waals surface area contributed by atoms with Crippen LogP contribution in [0.25, 0.3) is 10.2 Å². The number of carbonyl (C=O) groups excluding carboxylic acids is 1. The predicted octanol–water partition coefficient (Wildman–Crippen LogP) is 4.88. The van der Waals surface area contributed by atoms with Crippen LogP contribution in [0.4, 0.5) is 22.7 Å². The Balaban J connectivity index is 1.39. The molecule has 1 aliphatic heterocycles. The van der Waals surface area contributed by atoms with Gasteiger partial charge in [-0.05, 0) is 48.7 Å². The van der Waals surface area contributed by atoms with Gasteiger partial charge in [0.25, 0.3) is 0 Å². The van der Waals surface area contributed by atoms with Crippen molar-refractivity contribution in [3.8, 4) is 0 Å². The van der Waals surface area contributed by atoms with E-state index in [1.807, 2.05) is 0 Å². The second-order valence-corrected chi connectivity index (χ2v) is 11.7. The molecule has 3 heterocycles. The van der Waals surface area contributed by atoms with Crippen molar-refractivity contribution in [2.24, 2.45) is 5.92 Å². The van der Waals surface area contributed by atoms with Crippen molar-refractivity contribution < 1.29 is 30.8 Å². The molecule has 198 valence electrons. The van der Waals surface area contributed by atoms with Crippen LogP contribution in [-0.4, -0.2) is 41.7 Å². The van der Waals surface area contributed by atoms with Crippen LogP contribution in [0.5, 0.6) is 0 Å². The average molecular weight is 565 g/mol.